The van der Waals surface area contributed by atoms with Gasteiger partial charge in [0.2, 0.25) is 0 Å². The first-order valence-corrected chi connectivity index (χ1v) is 10.3. The minimum atomic E-state index is -2.84. The molecule has 0 aromatic rings. The van der Waals surface area contributed by atoms with Crippen LogP contribution < -0.4 is 5.32 Å². The van der Waals surface area contributed by atoms with Gasteiger partial charge in [-0.05, 0) is 31.7 Å². The minimum Gasteiger partial charge on any atom is -0.311 e. The molecule has 1 fully saturated rings. The lowest BCUT2D eigenvalue weighted by atomic mass is 9.85. The molecule has 126 valence electrons. The van der Waals surface area contributed by atoms with Crippen LogP contribution in [-0.4, -0.2) is 56.0 Å². The Morgan fingerprint density at radius 3 is 2.33 bits per heavy atom. The second kappa shape index (κ2) is 7.93. The molecule has 21 heavy (non-hydrogen) atoms. The lowest BCUT2D eigenvalue weighted by Crippen LogP contribution is -2.65. The molecule has 5 heteroatoms. The van der Waals surface area contributed by atoms with E-state index in [2.05, 4.69) is 37.9 Å². The van der Waals surface area contributed by atoms with E-state index in [4.69, 9.17) is 0 Å². The van der Waals surface area contributed by atoms with E-state index in [-0.39, 0.29) is 11.3 Å². The van der Waals surface area contributed by atoms with Crippen molar-refractivity contribution in [2.45, 2.75) is 65.5 Å². The summed E-state index contributed by atoms with van der Waals surface area (Å²) >= 11 is 0. The fourth-order valence-electron chi connectivity index (χ4n) is 3.27. The predicted molar refractivity (Wildman–Crippen MR) is 90.5 cm³/mol. The standard InChI is InChI=1S/C16H34N2O2S/c1-6-16(7-2)13-17-15(14(4)5)12-18(16)10-9-11-21(19,20)8-3/h14-15,17H,6-13H2,1-5H3. The molecular weight excluding hydrogens is 284 g/mol. The van der Waals surface area contributed by atoms with Gasteiger partial charge in [-0.1, -0.05) is 34.6 Å². The molecule has 0 spiro atoms. The van der Waals surface area contributed by atoms with Crippen LogP contribution in [0.3, 0.4) is 0 Å². The van der Waals surface area contributed by atoms with Crippen molar-refractivity contribution < 1.29 is 8.42 Å². The summed E-state index contributed by atoms with van der Waals surface area (Å²) in [7, 11) is -2.84. The zero-order valence-electron chi connectivity index (χ0n) is 14.5. The molecule has 0 amide bonds. The lowest BCUT2D eigenvalue weighted by Gasteiger charge is -2.50. The molecule has 0 radical (unpaired) electrons. The molecule has 0 aliphatic carbocycles. The number of sulfone groups is 1. The van der Waals surface area contributed by atoms with Crippen molar-refractivity contribution in [2.75, 3.05) is 31.1 Å². The smallest absolute Gasteiger partial charge is 0.150 e. The summed E-state index contributed by atoms with van der Waals surface area (Å²) in [4.78, 5) is 2.55. The van der Waals surface area contributed by atoms with Gasteiger partial charge in [0.1, 0.15) is 9.84 Å². The summed E-state index contributed by atoms with van der Waals surface area (Å²) in [6.07, 6.45) is 2.98. The number of nitrogens with zero attached hydrogens (tertiary/aromatic N) is 1. The summed E-state index contributed by atoms with van der Waals surface area (Å²) < 4.78 is 23.4. The van der Waals surface area contributed by atoms with Crippen LogP contribution in [-0.2, 0) is 9.84 Å². The molecule has 1 aliphatic heterocycles. The van der Waals surface area contributed by atoms with E-state index < -0.39 is 9.84 Å². The number of hydrogen-bond acceptors (Lipinski definition) is 4. The largest absolute Gasteiger partial charge is 0.311 e. The Balaban J connectivity index is 2.71. The van der Waals surface area contributed by atoms with Crippen molar-refractivity contribution in [2.24, 2.45) is 5.92 Å². The third-order valence-electron chi connectivity index (χ3n) is 5.23. The first kappa shape index (κ1) is 18.9. The van der Waals surface area contributed by atoms with Gasteiger partial charge in [-0.3, -0.25) is 4.90 Å². The first-order chi connectivity index (χ1) is 9.80. The van der Waals surface area contributed by atoms with Crippen LogP contribution in [0.15, 0.2) is 0 Å². The van der Waals surface area contributed by atoms with Crippen LogP contribution in [0.5, 0.6) is 0 Å². The molecule has 1 unspecified atom stereocenters. The fourth-order valence-corrected chi connectivity index (χ4v) is 4.13. The Labute approximate surface area is 131 Å². The lowest BCUT2D eigenvalue weighted by molar-refractivity contribution is 0.0227. The van der Waals surface area contributed by atoms with Gasteiger partial charge < -0.3 is 5.32 Å². The Morgan fingerprint density at radius 1 is 1.24 bits per heavy atom. The number of piperazine rings is 1. The summed E-state index contributed by atoms with van der Waals surface area (Å²) in [5, 5.41) is 3.70. The molecule has 1 atom stereocenters. The quantitative estimate of drug-likeness (QED) is 0.746. The summed E-state index contributed by atoms with van der Waals surface area (Å²) in [6, 6.07) is 0.513. The van der Waals surface area contributed by atoms with Crippen LogP contribution in [0, 0.1) is 5.92 Å². The van der Waals surface area contributed by atoms with Crippen LogP contribution in [0.2, 0.25) is 0 Å². The molecule has 0 bridgehead atoms. The van der Waals surface area contributed by atoms with Gasteiger partial charge in [-0.25, -0.2) is 8.42 Å². The highest BCUT2D eigenvalue weighted by atomic mass is 32.2. The molecule has 1 N–H and O–H groups in total. The monoisotopic (exact) mass is 318 g/mol. The zero-order chi connectivity index (χ0) is 16.1. The average molecular weight is 319 g/mol. The Morgan fingerprint density at radius 2 is 1.86 bits per heavy atom. The number of hydrogen-bond donors (Lipinski definition) is 1. The van der Waals surface area contributed by atoms with E-state index in [9.17, 15) is 8.42 Å². The molecule has 0 aromatic carbocycles. The van der Waals surface area contributed by atoms with E-state index in [1.165, 1.54) is 0 Å². The summed E-state index contributed by atoms with van der Waals surface area (Å²) in [6.45, 7) is 13.7. The summed E-state index contributed by atoms with van der Waals surface area (Å²) in [5.74, 6) is 1.19. The van der Waals surface area contributed by atoms with Gasteiger partial charge in [0, 0.05) is 30.4 Å². The second-order valence-electron chi connectivity index (χ2n) is 6.70. The molecule has 0 saturated carbocycles. The second-order valence-corrected chi connectivity index (χ2v) is 9.17. The van der Waals surface area contributed by atoms with Gasteiger partial charge in [0.15, 0.2) is 0 Å². The highest BCUT2D eigenvalue weighted by Gasteiger charge is 2.39. The molecule has 0 aromatic heterocycles. The van der Waals surface area contributed by atoms with Crippen LogP contribution in [0.4, 0.5) is 0 Å². The number of rotatable bonds is 8. The van der Waals surface area contributed by atoms with Crippen LogP contribution in [0.1, 0.15) is 53.9 Å². The van der Waals surface area contributed by atoms with Gasteiger partial charge >= 0.3 is 0 Å². The van der Waals surface area contributed by atoms with Gasteiger partial charge in [-0.2, -0.15) is 0 Å². The van der Waals surface area contributed by atoms with Crippen molar-refractivity contribution in [1.82, 2.24) is 10.2 Å². The van der Waals surface area contributed by atoms with E-state index in [1.807, 2.05) is 0 Å². The van der Waals surface area contributed by atoms with Gasteiger partial charge in [-0.15, -0.1) is 0 Å². The van der Waals surface area contributed by atoms with Crippen molar-refractivity contribution >= 4 is 9.84 Å². The SMILES string of the molecule is CCC1(CC)CNC(C(C)C)CN1CCCS(=O)(=O)CC. The van der Waals surface area contributed by atoms with E-state index in [1.54, 1.807) is 6.92 Å². The van der Waals surface area contributed by atoms with Crippen molar-refractivity contribution in [1.29, 1.82) is 0 Å². The molecular formula is C16H34N2O2S. The normalized spacial score (nSPS) is 23.6. The maximum absolute atomic E-state index is 11.7. The first-order valence-electron chi connectivity index (χ1n) is 8.49. The molecule has 1 heterocycles. The molecule has 1 rings (SSSR count). The molecule has 1 saturated heterocycles. The zero-order valence-corrected chi connectivity index (χ0v) is 15.3. The average Bonchev–Trinajstić information content (AvgIpc) is 2.47. The Kier molecular flexibility index (Phi) is 7.14. The highest BCUT2D eigenvalue weighted by Crippen LogP contribution is 2.28. The van der Waals surface area contributed by atoms with Crippen LogP contribution in [0.25, 0.3) is 0 Å². The van der Waals surface area contributed by atoms with E-state index >= 15 is 0 Å². The van der Waals surface area contributed by atoms with Crippen molar-refractivity contribution in [3.63, 3.8) is 0 Å². The summed E-state index contributed by atoms with van der Waals surface area (Å²) in [5.41, 5.74) is 0.196. The predicted octanol–water partition coefficient (Wildman–Crippen LogP) is 2.30. The van der Waals surface area contributed by atoms with E-state index in [0.717, 1.165) is 38.9 Å². The third-order valence-corrected chi connectivity index (χ3v) is 7.02. The Hall–Kier alpha value is -0.130. The minimum absolute atomic E-state index is 0.196. The molecule has 4 nitrogen and oxygen atoms in total. The van der Waals surface area contributed by atoms with Crippen molar-refractivity contribution in [3.8, 4) is 0 Å². The van der Waals surface area contributed by atoms with Gasteiger partial charge in [0.05, 0.1) is 5.75 Å². The van der Waals surface area contributed by atoms with Crippen LogP contribution >= 0.6 is 0 Å². The number of nitrogens with one attached hydrogen (secondary N) is 1. The molecule has 1 aliphatic rings. The fraction of sp³-hybridized carbons (Fsp3) is 1.00. The van der Waals surface area contributed by atoms with Crippen molar-refractivity contribution in [3.05, 3.63) is 0 Å². The third kappa shape index (κ3) is 4.93. The maximum Gasteiger partial charge on any atom is 0.150 e. The highest BCUT2D eigenvalue weighted by molar-refractivity contribution is 7.91. The topological polar surface area (TPSA) is 49.4 Å². The van der Waals surface area contributed by atoms with E-state index in [0.29, 0.717) is 17.7 Å². The maximum atomic E-state index is 11.7. The van der Waals surface area contributed by atoms with Gasteiger partial charge in [0.25, 0.3) is 0 Å². The Bertz CT molecular complexity index is 403.